The number of halogens is 2. The molecule has 6 heteroatoms. The average molecular weight is 319 g/mol. The number of carbonyl (C=O) groups is 1. The van der Waals surface area contributed by atoms with Crippen LogP contribution in [0.5, 0.6) is 5.75 Å². The van der Waals surface area contributed by atoms with Gasteiger partial charge in [0.25, 0.3) is 5.91 Å². The second-order valence-corrected chi connectivity index (χ2v) is 4.94. The van der Waals surface area contributed by atoms with Gasteiger partial charge in [-0.2, -0.15) is 0 Å². The fraction of sp³-hybridized carbons (Fsp3) is 0.500. The van der Waals surface area contributed by atoms with Gasteiger partial charge in [0.1, 0.15) is 5.75 Å². The number of carbonyl (C=O) groups excluding carboxylic acids is 1. The molecule has 2 rings (SSSR count). The second kappa shape index (κ2) is 8.35. The highest BCUT2D eigenvalue weighted by atomic mass is 35.5. The summed E-state index contributed by atoms with van der Waals surface area (Å²) in [6, 6.07) is 7.19. The van der Waals surface area contributed by atoms with Crippen LogP contribution in [0.25, 0.3) is 0 Å². The van der Waals surface area contributed by atoms with Gasteiger partial charge in [0.05, 0.1) is 5.02 Å². The molecule has 0 spiro atoms. The summed E-state index contributed by atoms with van der Waals surface area (Å²) >= 11 is 5.97. The minimum atomic E-state index is 0. The molecule has 1 saturated heterocycles. The largest absolute Gasteiger partial charge is 0.482 e. The third-order valence-corrected chi connectivity index (χ3v) is 3.67. The van der Waals surface area contributed by atoms with Crippen molar-refractivity contribution < 1.29 is 9.53 Å². The fourth-order valence-corrected chi connectivity index (χ4v) is 2.30. The molecule has 112 valence electrons. The number of para-hydroxylation sites is 1. The molecule has 0 saturated carbocycles. The van der Waals surface area contributed by atoms with Crippen molar-refractivity contribution in [3.63, 3.8) is 0 Å². The molecule has 1 amide bonds. The molecule has 1 fully saturated rings. The van der Waals surface area contributed by atoms with Crippen LogP contribution in [-0.2, 0) is 4.79 Å². The van der Waals surface area contributed by atoms with E-state index in [-0.39, 0.29) is 24.9 Å². The van der Waals surface area contributed by atoms with Crippen molar-refractivity contribution >= 4 is 29.9 Å². The third kappa shape index (κ3) is 4.54. The lowest BCUT2D eigenvalue weighted by Gasteiger charge is -2.33. The number of ether oxygens (including phenoxy) is 1. The van der Waals surface area contributed by atoms with Gasteiger partial charge in [0.15, 0.2) is 6.61 Å². The van der Waals surface area contributed by atoms with Gasteiger partial charge < -0.3 is 14.5 Å². The van der Waals surface area contributed by atoms with Gasteiger partial charge in [0, 0.05) is 26.2 Å². The molecule has 1 aliphatic heterocycles. The zero-order valence-corrected chi connectivity index (χ0v) is 13.1. The van der Waals surface area contributed by atoms with Crippen molar-refractivity contribution in [2.45, 2.75) is 6.92 Å². The Bertz CT molecular complexity index is 435. The highest BCUT2D eigenvalue weighted by Crippen LogP contribution is 2.23. The van der Waals surface area contributed by atoms with Crippen molar-refractivity contribution in [1.82, 2.24) is 9.80 Å². The summed E-state index contributed by atoms with van der Waals surface area (Å²) in [4.78, 5) is 16.2. The number of benzene rings is 1. The summed E-state index contributed by atoms with van der Waals surface area (Å²) in [6.07, 6.45) is 0. The number of likely N-dealkylation sites (N-methyl/N-ethyl adjacent to an activating group) is 1. The molecule has 1 aromatic rings. The van der Waals surface area contributed by atoms with Crippen molar-refractivity contribution in [2.24, 2.45) is 0 Å². The summed E-state index contributed by atoms with van der Waals surface area (Å²) in [5, 5.41) is 0.533. The normalized spacial score (nSPS) is 15.6. The maximum Gasteiger partial charge on any atom is 0.260 e. The molecule has 0 unspecified atom stereocenters. The van der Waals surface area contributed by atoms with E-state index in [1.54, 1.807) is 12.1 Å². The highest BCUT2D eigenvalue weighted by Gasteiger charge is 2.20. The predicted molar refractivity (Wildman–Crippen MR) is 82.9 cm³/mol. The summed E-state index contributed by atoms with van der Waals surface area (Å²) in [6.45, 7) is 6.66. The van der Waals surface area contributed by atoms with E-state index in [1.165, 1.54) is 0 Å². The first kappa shape index (κ1) is 17.1. The molecule has 0 N–H and O–H groups in total. The van der Waals surface area contributed by atoms with Gasteiger partial charge >= 0.3 is 0 Å². The summed E-state index contributed by atoms with van der Waals surface area (Å²) in [5.41, 5.74) is 0. The molecule has 0 bridgehead atoms. The Hall–Kier alpha value is -0.970. The number of piperazine rings is 1. The van der Waals surface area contributed by atoms with E-state index in [0.29, 0.717) is 10.8 Å². The standard InChI is InChI=1S/C14H19ClN2O2.ClH/c1-2-16-7-9-17(10-8-16)14(18)11-19-13-6-4-3-5-12(13)15;/h3-6H,2,7-11H2,1H3;1H. The Balaban J connectivity index is 0.00000200. The molecule has 4 nitrogen and oxygen atoms in total. The molecular formula is C14H20Cl2N2O2. The van der Waals surface area contributed by atoms with Gasteiger partial charge in [-0.15, -0.1) is 12.4 Å². The van der Waals surface area contributed by atoms with E-state index in [0.717, 1.165) is 32.7 Å². The van der Waals surface area contributed by atoms with E-state index in [9.17, 15) is 4.79 Å². The van der Waals surface area contributed by atoms with Gasteiger partial charge in [-0.25, -0.2) is 0 Å². The van der Waals surface area contributed by atoms with Crippen LogP contribution in [-0.4, -0.2) is 55.0 Å². The lowest BCUT2D eigenvalue weighted by Crippen LogP contribution is -2.49. The Labute approximate surface area is 131 Å². The lowest BCUT2D eigenvalue weighted by atomic mass is 10.3. The molecule has 0 aliphatic carbocycles. The third-order valence-electron chi connectivity index (χ3n) is 3.36. The smallest absolute Gasteiger partial charge is 0.260 e. The Kier molecular flexibility index (Phi) is 7.13. The van der Waals surface area contributed by atoms with Crippen LogP contribution in [0, 0.1) is 0 Å². The van der Waals surface area contributed by atoms with E-state index in [4.69, 9.17) is 16.3 Å². The van der Waals surface area contributed by atoms with Crippen molar-refractivity contribution in [1.29, 1.82) is 0 Å². The van der Waals surface area contributed by atoms with Crippen LogP contribution in [0.2, 0.25) is 5.02 Å². The van der Waals surface area contributed by atoms with Crippen LogP contribution in [0.4, 0.5) is 0 Å². The lowest BCUT2D eigenvalue weighted by molar-refractivity contribution is -0.135. The molecule has 20 heavy (non-hydrogen) atoms. The number of rotatable bonds is 4. The maximum atomic E-state index is 12.0. The van der Waals surface area contributed by atoms with Gasteiger partial charge in [-0.3, -0.25) is 4.79 Å². The molecule has 1 aromatic carbocycles. The van der Waals surface area contributed by atoms with Gasteiger partial charge in [-0.05, 0) is 18.7 Å². The van der Waals surface area contributed by atoms with E-state index in [2.05, 4.69) is 11.8 Å². The SMILES string of the molecule is CCN1CCN(C(=O)COc2ccccc2Cl)CC1.Cl. The van der Waals surface area contributed by atoms with Crippen molar-refractivity contribution in [3.8, 4) is 5.75 Å². The van der Waals surface area contributed by atoms with Crippen LogP contribution >= 0.6 is 24.0 Å². The quantitative estimate of drug-likeness (QED) is 0.854. The first-order chi connectivity index (χ1) is 9.20. The number of hydrogen-bond acceptors (Lipinski definition) is 3. The first-order valence-corrected chi connectivity index (χ1v) is 6.96. The number of nitrogens with zero attached hydrogens (tertiary/aromatic N) is 2. The first-order valence-electron chi connectivity index (χ1n) is 6.58. The van der Waals surface area contributed by atoms with Crippen LogP contribution in [0.3, 0.4) is 0 Å². The van der Waals surface area contributed by atoms with Crippen LogP contribution in [0.1, 0.15) is 6.92 Å². The maximum absolute atomic E-state index is 12.0. The van der Waals surface area contributed by atoms with Gasteiger partial charge in [-0.1, -0.05) is 30.7 Å². The van der Waals surface area contributed by atoms with Crippen LogP contribution < -0.4 is 4.74 Å². The second-order valence-electron chi connectivity index (χ2n) is 4.53. The molecular weight excluding hydrogens is 299 g/mol. The fourth-order valence-electron chi connectivity index (χ4n) is 2.11. The number of amides is 1. The minimum absolute atomic E-state index is 0. The summed E-state index contributed by atoms with van der Waals surface area (Å²) in [5.74, 6) is 0.584. The molecule has 0 radical (unpaired) electrons. The monoisotopic (exact) mass is 318 g/mol. The van der Waals surface area contributed by atoms with E-state index < -0.39 is 0 Å². The average Bonchev–Trinajstić information content (AvgIpc) is 2.46. The predicted octanol–water partition coefficient (Wildman–Crippen LogP) is 2.30. The molecule has 1 aliphatic rings. The Morgan fingerprint density at radius 3 is 2.50 bits per heavy atom. The van der Waals surface area contributed by atoms with E-state index >= 15 is 0 Å². The van der Waals surface area contributed by atoms with Gasteiger partial charge in [0.2, 0.25) is 0 Å². The Morgan fingerprint density at radius 1 is 1.25 bits per heavy atom. The molecule has 1 heterocycles. The Morgan fingerprint density at radius 2 is 1.90 bits per heavy atom. The van der Waals surface area contributed by atoms with Crippen molar-refractivity contribution in [2.75, 3.05) is 39.3 Å². The molecule has 0 aromatic heterocycles. The minimum Gasteiger partial charge on any atom is -0.482 e. The van der Waals surface area contributed by atoms with Crippen LogP contribution in [0.15, 0.2) is 24.3 Å². The van der Waals surface area contributed by atoms with Crippen molar-refractivity contribution in [3.05, 3.63) is 29.3 Å². The highest BCUT2D eigenvalue weighted by molar-refractivity contribution is 6.32. The zero-order valence-electron chi connectivity index (χ0n) is 11.5. The zero-order chi connectivity index (χ0) is 13.7. The number of hydrogen-bond donors (Lipinski definition) is 0. The molecule has 0 atom stereocenters. The summed E-state index contributed by atoms with van der Waals surface area (Å²) < 4.78 is 5.47. The topological polar surface area (TPSA) is 32.8 Å². The summed E-state index contributed by atoms with van der Waals surface area (Å²) in [7, 11) is 0. The van der Waals surface area contributed by atoms with E-state index in [1.807, 2.05) is 17.0 Å².